The maximum absolute atomic E-state index is 5.59. The van der Waals surface area contributed by atoms with E-state index in [9.17, 15) is 0 Å². The fraction of sp³-hybridized carbons (Fsp3) is 0.714. The molecular weight excluding hydrogens is 240 g/mol. The molecule has 1 aliphatic rings. The van der Waals surface area contributed by atoms with Gasteiger partial charge >= 0.3 is 0 Å². The van der Waals surface area contributed by atoms with Gasteiger partial charge in [0.15, 0.2) is 0 Å². The van der Waals surface area contributed by atoms with Crippen molar-refractivity contribution in [2.75, 3.05) is 36.9 Å². The first-order valence-electron chi connectivity index (χ1n) is 7.25. The zero-order chi connectivity index (χ0) is 13.5. The molecule has 2 N–H and O–H groups in total. The molecule has 1 aromatic rings. The van der Waals surface area contributed by atoms with Crippen molar-refractivity contribution in [3.8, 4) is 0 Å². The Balaban J connectivity index is 1.78. The lowest BCUT2D eigenvalue weighted by molar-refractivity contribution is 0.134. The van der Waals surface area contributed by atoms with Crippen LogP contribution in [0.4, 0.5) is 11.6 Å². The largest absolute Gasteiger partial charge is 0.379 e. The summed E-state index contributed by atoms with van der Waals surface area (Å²) in [4.78, 5) is 8.89. The quantitative estimate of drug-likeness (QED) is 0.670. The standard InChI is InChI=1S/C14H24N4O/c1-3-12-17-13(15-4-2)9-14(18-12)16-7-8-19-10-11-5-6-11/h9,11H,3-8,10H2,1-2H3,(H2,15,16,17,18). The molecule has 19 heavy (non-hydrogen) atoms. The van der Waals surface area contributed by atoms with Crippen molar-refractivity contribution in [1.82, 2.24) is 9.97 Å². The van der Waals surface area contributed by atoms with E-state index in [-0.39, 0.29) is 0 Å². The van der Waals surface area contributed by atoms with Gasteiger partial charge < -0.3 is 15.4 Å². The number of rotatable bonds is 9. The normalized spacial score (nSPS) is 14.4. The molecule has 0 bridgehead atoms. The molecule has 0 spiro atoms. The van der Waals surface area contributed by atoms with Crippen LogP contribution < -0.4 is 10.6 Å². The van der Waals surface area contributed by atoms with Crippen molar-refractivity contribution in [2.45, 2.75) is 33.1 Å². The van der Waals surface area contributed by atoms with E-state index >= 15 is 0 Å². The third-order valence-corrected chi connectivity index (χ3v) is 3.05. The number of hydrogen-bond donors (Lipinski definition) is 2. The number of nitrogens with one attached hydrogen (secondary N) is 2. The van der Waals surface area contributed by atoms with Crippen LogP contribution in [-0.2, 0) is 11.2 Å². The fourth-order valence-electron chi connectivity index (χ4n) is 1.80. The zero-order valence-corrected chi connectivity index (χ0v) is 11.9. The van der Waals surface area contributed by atoms with Gasteiger partial charge in [0.05, 0.1) is 6.61 Å². The van der Waals surface area contributed by atoms with E-state index in [1.807, 2.05) is 6.07 Å². The molecule has 0 atom stereocenters. The summed E-state index contributed by atoms with van der Waals surface area (Å²) in [5.74, 6) is 3.44. The maximum Gasteiger partial charge on any atom is 0.132 e. The predicted molar refractivity (Wildman–Crippen MR) is 77.6 cm³/mol. The van der Waals surface area contributed by atoms with E-state index in [2.05, 4.69) is 34.4 Å². The second-order valence-corrected chi connectivity index (χ2v) is 4.88. The van der Waals surface area contributed by atoms with Crippen molar-refractivity contribution in [2.24, 2.45) is 5.92 Å². The third-order valence-electron chi connectivity index (χ3n) is 3.05. The second kappa shape index (κ2) is 7.28. The monoisotopic (exact) mass is 264 g/mol. The maximum atomic E-state index is 5.59. The van der Waals surface area contributed by atoms with Gasteiger partial charge in [-0.2, -0.15) is 0 Å². The summed E-state index contributed by atoms with van der Waals surface area (Å²) >= 11 is 0. The van der Waals surface area contributed by atoms with Gasteiger partial charge in [-0.15, -0.1) is 0 Å². The minimum Gasteiger partial charge on any atom is -0.379 e. The predicted octanol–water partition coefficient (Wildman–Crippen LogP) is 2.31. The second-order valence-electron chi connectivity index (χ2n) is 4.88. The minimum atomic E-state index is 0.735. The van der Waals surface area contributed by atoms with Gasteiger partial charge in [0.2, 0.25) is 0 Å². The summed E-state index contributed by atoms with van der Waals surface area (Å²) in [6.07, 6.45) is 3.52. The minimum absolute atomic E-state index is 0.735. The van der Waals surface area contributed by atoms with Gasteiger partial charge in [-0.25, -0.2) is 9.97 Å². The molecule has 0 amide bonds. The highest BCUT2D eigenvalue weighted by Gasteiger charge is 2.20. The van der Waals surface area contributed by atoms with Gasteiger partial charge in [0.25, 0.3) is 0 Å². The van der Waals surface area contributed by atoms with Gasteiger partial charge in [0, 0.05) is 32.2 Å². The van der Waals surface area contributed by atoms with Crippen molar-refractivity contribution >= 4 is 11.6 Å². The molecule has 2 rings (SSSR count). The topological polar surface area (TPSA) is 59.1 Å². The van der Waals surface area contributed by atoms with Crippen molar-refractivity contribution < 1.29 is 4.74 Å². The Hall–Kier alpha value is -1.36. The first-order valence-corrected chi connectivity index (χ1v) is 7.25. The lowest BCUT2D eigenvalue weighted by Gasteiger charge is -2.10. The van der Waals surface area contributed by atoms with Crippen LogP contribution in [0.25, 0.3) is 0 Å². The smallest absolute Gasteiger partial charge is 0.132 e. The first-order chi connectivity index (χ1) is 9.31. The van der Waals surface area contributed by atoms with Crippen molar-refractivity contribution in [3.05, 3.63) is 11.9 Å². The van der Waals surface area contributed by atoms with Crippen LogP contribution in [0, 0.1) is 5.92 Å². The molecule has 0 aliphatic heterocycles. The van der Waals surface area contributed by atoms with Crippen LogP contribution in [0.1, 0.15) is 32.5 Å². The van der Waals surface area contributed by atoms with Crippen molar-refractivity contribution in [3.63, 3.8) is 0 Å². The van der Waals surface area contributed by atoms with Crippen LogP contribution >= 0.6 is 0 Å². The Morgan fingerprint density at radius 2 is 1.95 bits per heavy atom. The summed E-state index contributed by atoms with van der Waals surface area (Å²) in [7, 11) is 0. The summed E-state index contributed by atoms with van der Waals surface area (Å²) in [5.41, 5.74) is 0. The number of nitrogens with zero attached hydrogens (tertiary/aromatic N) is 2. The van der Waals surface area contributed by atoms with E-state index in [1.165, 1.54) is 12.8 Å². The molecule has 0 saturated heterocycles. The van der Waals surface area contributed by atoms with E-state index in [1.54, 1.807) is 0 Å². The Morgan fingerprint density at radius 3 is 2.58 bits per heavy atom. The molecule has 0 radical (unpaired) electrons. The number of aryl methyl sites for hydroxylation is 1. The first kappa shape index (κ1) is 14.1. The Kier molecular flexibility index (Phi) is 5.39. The lowest BCUT2D eigenvalue weighted by atomic mass is 10.4. The Morgan fingerprint density at radius 1 is 1.21 bits per heavy atom. The molecule has 1 heterocycles. The highest BCUT2D eigenvalue weighted by Crippen LogP contribution is 2.28. The van der Waals surface area contributed by atoms with E-state index in [4.69, 9.17) is 4.74 Å². The van der Waals surface area contributed by atoms with E-state index in [0.717, 1.165) is 56.1 Å². The highest BCUT2D eigenvalue weighted by molar-refractivity contribution is 5.47. The summed E-state index contributed by atoms with van der Waals surface area (Å²) in [6.45, 7) is 7.43. The van der Waals surface area contributed by atoms with Crippen molar-refractivity contribution in [1.29, 1.82) is 0 Å². The van der Waals surface area contributed by atoms with E-state index < -0.39 is 0 Å². The molecule has 1 fully saturated rings. The molecule has 106 valence electrons. The van der Waals surface area contributed by atoms with Crippen LogP contribution in [0.3, 0.4) is 0 Å². The average molecular weight is 264 g/mol. The number of hydrogen-bond acceptors (Lipinski definition) is 5. The molecular formula is C14H24N4O. The van der Waals surface area contributed by atoms with Gasteiger partial charge in [0.1, 0.15) is 17.5 Å². The fourth-order valence-corrected chi connectivity index (χ4v) is 1.80. The summed E-state index contributed by atoms with van der Waals surface area (Å²) in [6, 6.07) is 1.95. The number of ether oxygens (including phenoxy) is 1. The molecule has 5 nitrogen and oxygen atoms in total. The molecule has 1 aliphatic carbocycles. The van der Waals surface area contributed by atoms with E-state index in [0.29, 0.717) is 0 Å². The van der Waals surface area contributed by atoms with Crippen LogP contribution in [0.15, 0.2) is 6.07 Å². The Bertz CT molecular complexity index is 393. The van der Waals surface area contributed by atoms with Gasteiger partial charge in [-0.1, -0.05) is 6.92 Å². The molecule has 1 aromatic heterocycles. The molecule has 5 heteroatoms. The summed E-state index contributed by atoms with van der Waals surface area (Å²) < 4.78 is 5.59. The van der Waals surface area contributed by atoms with Crippen LogP contribution in [0.2, 0.25) is 0 Å². The third kappa shape index (κ3) is 5.03. The average Bonchev–Trinajstić information content (AvgIpc) is 3.22. The SMILES string of the molecule is CCNc1cc(NCCOCC2CC2)nc(CC)n1. The number of anilines is 2. The molecule has 0 aromatic carbocycles. The van der Waals surface area contributed by atoms with Gasteiger partial charge in [-0.3, -0.25) is 0 Å². The van der Waals surface area contributed by atoms with Crippen LogP contribution in [0.5, 0.6) is 0 Å². The molecule has 0 unspecified atom stereocenters. The van der Waals surface area contributed by atoms with Crippen LogP contribution in [-0.4, -0.2) is 36.3 Å². The zero-order valence-electron chi connectivity index (χ0n) is 11.9. The molecule has 1 saturated carbocycles. The highest BCUT2D eigenvalue weighted by atomic mass is 16.5. The summed E-state index contributed by atoms with van der Waals surface area (Å²) in [5, 5.41) is 6.52. The van der Waals surface area contributed by atoms with Gasteiger partial charge in [-0.05, 0) is 25.7 Å². The number of aromatic nitrogens is 2. The Labute approximate surface area is 115 Å². The lowest BCUT2D eigenvalue weighted by Crippen LogP contribution is -2.13.